The van der Waals surface area contributed by atoms with Crippen LogP contribution in [0.15, 0.2) is 12.7 Å². The fourth-order valence-electron chi connectivity index (χ4n) is 4.11. The first kappa shape index (κ1) is 21.2. The quantitative estimate of drug-likeness (QED) is 0.547. The number of hydrogen-bond donors (Lipinski definition) is 1. The van der Waals surface area contributed by atoms with Gasteiger partial charge in [-0.05, 0) is 65.3 Å². The van der Waals surface area contributed by atoms with Gasteiger partial charge in [-0.1, -0.05) is 12.5 Å². The molecular weight excluding hydrogens is 328 g/mol. The molecule has 1 heterocycles. The van der Waals surface area contributed by atoms with E-state index in [2.05, 4.69) is 16.8 Å². The van der Waals surface area contributed by atoms with Crippen LogP contribution in [0.1, 0.15) is 59.3 Å². The van der Waals surface area contributed by atoms with Crippen LogP contribution in [0.3, 0.4) is 0 Å². The van der Waals surface area contributed by atoms with E-state index in [1.165, 1.54) is 19.3 Å². The van der Waals surface area contributed by atoms with Gasteiger partial charge in [0.15, 0.2) is 0 Å². The Hall–Kier alpha value is -1.07. The van der Waals surface area contributed by atoms with Crippen molar-refractivity contribution in [1.29, 1.82) is 0 Å². The zero-order valence-corrected chi connectivity index (χ0v) is 17.0. The molecule has 2 rings (SSSR count). The van der Waals surface area contributed by atoms with E-state index in [9.17, 15) is 4.79 Å². The third-order valence-corrected chi connectivity index (χ3v) is 5.26. The number of ether oxygens (including phenoxy) is 2. The third-order valence-electron chi connectivity index (χ3n) is 5.26. The van der Waals surface area contributed by atoms with E-state index in [4.69, 9.17) is 9.47 Å². The van der Waals surface area contributed by atoms with E-state index in [-0.39, 0.29) is 17.7 Å². The highest BCUT2D eigenvalue weighted by molar-refractivity contribution is 5.68. The van der Waals surface area contributed by atoms with Crippen LogP contribution in [0.2, 0.25) is 0 Å². The molecule has 2 aliphatic rings. The van der Waals surface area contributed by atoms with Crippen LogP contribution in [0.5, 0.6) is 0 Å². The highest BCUT2D eigenvalue weighted by Gasteiger charge is 2.32. The van der Waals surface area contributed by atoms with Crippen LogP contribution >= 0.6 is 0 Å². The van der Waals surface area contributed by atoms with E-state index < -0.39 is 0 Å². The second-order valence-electron chi connectivity index (χ2n) is 8.96. The molecule has 1 amide bonds. The molecule has 2 fully saturated rings. The number of hydrogen-bond acceptors (Lipinski definition) is 4. The van der Waals surface area contributed by atoms with Crippen LogP contribution in [0.4, 0.5) is 4.79 Å². The van der Waals surface area contributed by atoms with E-state index >= 15 is 0 Å². The summed E-state index contributed by atoms with van der Waals surface area (Å²) in [5, 5.41) is 2.93. The Morgan fingerprint density at radius 2 is 2.00 bits per heavy atom. The Labute approximate surface area is 159 Å². The van der Waals surface area contributed by atoms with E-state index in [1.54, 1.807) is 0 Å². The maximum atomic E-state index is 12.2. The van der Waals surface area contributed by atoms with Crippen molar-refractivity contribution in [3.05, 3.63) is 12.7 Å². The van der Waals surface area contributed by atoms with Gasteiger partial charge in [0.05, 0.1) is 13.2 Å². The molecule has 1 aliphatic carbocycles. The molecule has 0 radical (unpaired) electrons. The Morgan fingerprint density at radius 3 is 2.73 bits per heavy atom. The fourth-order valence-corrected chi connectivity index (χ4v) is 4.11. The minimum absolute atomic E-state index is 0.0449. The first-order valence-corrected chi connectivity index (χ1v) is 10.3. The highest BCUT2D eigenvalue weighted by Crippen LogP contribution is 2.29. The van der Waals surface area contributed by atoms with Crippen molar-refractivity contribution in [2.75, 3.05) is 32.8 Å². The normalized spacial score (nSPS) is 27.7. The van der Waals surface area contributed by atoms with Crippen LogP contribution in [0.25, 0.3) is 0 Å². The summed E-state index contributed by atoms with van der Waals surface area (Å²) in [6.07, 6.45) is 8.59. The number of piperidine rings is 1. The molecular formula is C21H38N2O3. The first-order valence-electron chi connectivity index (χ1n) is 10.3. The molecule has 3 atom stereocenters. The molecule has 5 nitrogen and oxygen atoms in total. The SMILES string of the molecule is C=CCOC[C@H]1CCCN(CC2CCCCC2OC(=O)NC(C)(C)C)C1. The van der Waals surface area contributed by atoms with Gasteiger partial charge in [-0.25, -0.2) is 4.79 Å². The summed E-state index contributed by atoms with van der Waals surface area (Å²) in [6, 6.07) is 0. The predicted octanol–water partition coefficient (Wildman–Crippen LogP) is 3.98. The van der Waals surface area contributed by atoms with Gasteiger partial charge < -0.3 is 19.7 Å². The molecule has 0 bridgehead atoms. The molecule has 1 saturated heterocycles. The summed E-state index contributed by atoms with van der Waals surface area (Å²) in [6.45, 7) is 14.4. The van der Waals surface area contributed by atoms with Crippen molar-refractivity contribution in [1.82, 2.24) is 10.2 Å². The molecule has 150 valence electrons. The highest BCUT2D eigenvalue weighted by atomic mass is 16.6. The number of carbonyl (C=O) groups excluding carboxylic acids is 1. The molecule has 1 N–H and O–H groups in total. The van der Waals surface area contributed by atoms with Gasteiger partial charge in [-0.3, -0.25) is 0 Å². The average molecular weight is 367 g/mol. The molecule has 26 heavy (non-hydrogen) atoms. The zero-order chi connectivity index (χ0) is 19.0. The van der Waals surface area contributed by atoms with E-state index in [0.717, 1.165) is 45.5 Å². The zero-order valence-electron chi connectivity index (χ0n) is 17.0. The Morgan fingerprint density at radius 1 is 1.23 bits per heavy atom. The topological polar surface area (TPSA) is 50.8 Å². The van der Waals surface area contributed by atoms with Crippen molar-refractivity contribution in [3.8, 4) is 0 Å². The lowest BCUT2D eigenvalue weighted by molar-refractivity contribution is 0.00792. The van der Waals surface area contributed by atoms with Gasteiger partial charge in [0.25, 0.3) is 0 Å². The summed E-state index contributed by atoms with van der Waals surface area (Å²) in [5.41, 5.74) is -0.257. The fraction of sp³-hybridized carbons (Fsp3) is 0.857. The molecule has 5 heteroatoms. The lowest BCUT2D eigenvalue weighted by Gasteiger charge is -2.38. The largest absolute Gasteiger partial charge is 0.446 e. The molecule has 1 saturated carbocycles. The maximum Gasteiger partial charge on any atom is 0.407 e. The van der Waals surface area contributed by atoms with Crippen LogP contribution in [0, 0.1) is 11.8 Å². The summed E-state index contributed by atoms with van der Waals surface area (Å²) in [4.78, 5) is 14.7. The van der Waals surface area contributed by atoms with Crippen LogP contribution in [-0.2, 0) is 9.47 Å². The van der Waals surface area contributed by atoms with Crippen molar-refractivity contribution in [3.63, 3.8) is 0 Å². The summed E-state index contributed by atoms with van der Waals surface area (Å²) < 4.78 is 11.5. The van der Waals surface area contributed by atoms with E-state index in [1.807, 2.05) is 26.8 Å². The standard InChI is InChI=1S/C21H38N2O3/c1-5-13-25-16-17-9-8-12-23(14-17)15-18-10-6-7-11-19(18)26-20(24)22-21(2,3)4/h5,17-19H,1,6-16H2,2-4H3,(H,22,24)/t17-,18?,19?/m0/s1. The second kappa shape index (κ2) is 10.3. The lowest BCUT2D eigenvalue weighted by Crippen LogP contribution is -2.47. The average Bonchev–Trinajstić information content (AvgIpc) is 2.56. The molecule has 0 spiro atoms. The lowest BCUT2D eigenvalue weighted by atomic mass is 9.85. The second-order valence-corrected chi connectivity index (χ2v) is 8.96. The van der Waals surface area contributed by atoms with Crippen molar-refractivity contribution < 1.29 is 14.3 Å². The number of nitrogens with zero attached hydrogens (tertiary/aromatic N) is 1. The minimum atomic E-state index is -0.274. The number of rotatable bonds is 7. The summed E-state index contributed by atoms with van der Waals surface area (Å²) in [5.74, 6) is 1.05. The predicted molar refractivity (Wildman–Crippen MR) is 105 cm³/mol. The molecule has 0 aromatic rings. The van der Waals surface area contributed by atoms with Crippen LogP contribution < -0.4 is 5.32 Å². The minimum Gasteiger partial charge on any atom is -0.446 e. The Kier molecular flexibility index (Phi) is 8.42. The smallest absolute Gasteiger partial charge is 0.407 e. The Bertz CT molecular complexity index is 447. The molecule has 0 aromatic heterocycles. The monoisotopic (exact) mass is 366 g/mol. The molecule has 2 unspecified atom stereocenters. The Balaban J connectivity index is 1.82. The van der Waals surface area contributed by atoms with Crippen LogP contribution in [-0.4, -0.2) is 55.5 Å². The number of amides is 1. The van der Waals surface area contributed by atoms with Gasteiger partial charge in [0, 0.05) is 24.5 Å². The molecule has 0 aromatic carbocycles. The first-order chi connectivity index (χ1) is 12.4. The number of likely N-dealkylation sites (tertiary alicyclic amines) is 1. The van der Waals surface area contributed by atoms with Crippen molar-refractivity contribution >= 4 is 6.09 Å². The third kappa shape index (κ3) is 7.67. The summed E-state index contributed by atoms with van der Waals surface area (Å²) >= 11 is 0. The summed E-state index contributed by atoms with van der Waals surface area (Å²) in [7, 11) is 0. The van der Waals surface area contributed by atoms with E-state index in [0.29, 0.717) is 18.4 Å². The maximum absolute atomic E-state index is 12.2. The van der Waals surface area contributed by atoms with Crippen molar-refractivity contribution in [2.45, 2.75) is 70.9 Å². The number of alkyl carbamates (subject to hydrolysis) is 1. The van der Waals surface area contributed by atoms with Crippen molar-refractivity contribution in [2.24, 2.45) is 11.8 Å². The van der Waals surface area contributed by atoms with Gasteiger partial charge in [0.1, 0.15) is 6.10 Å². The number of nitrogens with one attached hydrogen (secondary N) is 1. The van der Waals surface area contributed by atoms with Gasteiger partial charge >= 0.3 is 6.09 Å². The van der Waals surface area contributed by atoms with Gasteiger partial charge in [-0.15, -0.1) is 6.58 Å². The molecule has 1 aliphatic heterocycles. The number of carbonyl (C=O) groups is 1. The van der Waals surface area contributed by atoms with Gasteiger partial charge in [0.2, 0.25) is 0 Å². The van der Waals surface area contributed by atoms with Gasteiger partial charge in [-0.2, -0.15) is 0 Å².